The highest BCUT2D eigenvalue weighted by atomic mass is 28.2. The highest BCUT2D eigenvalue weighted by Gasteiger charge is 1.99. The molecule has 0 saturated heterocycles. The van der Waals surface area contributed by atoms with E-state index in [0.717, 1.165) is 36.5 Å². The van der Waals surface area contributed by atoms with Crippen LogP contribution in [0.5, 0.6) is 0 Å². The monoisotopic (exact) mass is 188 g/mol. The van der Waals surface area contributed by atoms with Crippen LogP contribution in [0, 0.1) is 0 Å². The van der Waals surface area contributed by atoms with Gasteiger partial charge in [0.15, 0.2) is 0 Å². The summed E-state index contributed by atoms with van der Waals surface area (Å²) >= 11 is 0. The van der Waals surface area contributed by atoms with Crippen LogP contribution in [-0.2, 0) is 9.16 Å². The average Bonchev–Trinajstić information content (AvgIpc) is 2.06. The highest BCUT2D eigenvalue weighted by Crippen LogP contribution is 2.04. The van der Waals surface area contributed by atoms with Gasteiger partial charge in [0.1, 0.15) is 10.5 Å². The number of rotatable bonds is 8. The fourth-order valence-corrected chi connectivity index (χ4v) is 1.13. The summed E-state index contributed by atoms with van der Waals surface area (Å²) in [5.74, 6) is 0. The Morgan fingerprint density at radius 1 is 1.50 bits per heavy atom. The number of allylic oxidation sites excluding steroid dienone is 1. The Balaban J connectivity index is 3.09. The van der Waals surface area contributed by atoms with Gasteiger partial charge in [-0.25, -0.2) is 0 Å². The van der Waals surface area contributed by atoms with Crippen LogP contribution in [0.2, 0.25) is 0 Å². The summed E-state index contributed by atoms with van der Waals surface area (Å²) in [6.45, 7) is 7.27. The molecular weight excluding hydrogens is 168 g/mol. The Kier molecular flexibility index (Phi) is 8.88. The van der Waals surface area contributed by atoms with E-state index in [-0.39, 0.29) is 0 Å². The summed E-state index contributed by atoms with van der Waals surface area (Å²) in [7, 11) is 0.809. The largest absolute Gasteiger partial charge is 0.426 e. The lowest BCUT2D eigenvalue weighted by molar-refractivity contribution is 0.0406. The van der Waals surface area contributed by atoms with Crippen molar-refractivity contribution in [2.75, 3.05) is 13.2 Å². The van der Waals surface area contributed by atoms with E-state index in [9.17, 15) is 0 Å². The summed E-state index contributed by atoms with van der Waals surface area (Å²) in [5.41, 5.74) is 0. The Morgan fingerprint density at radius 3 is 2.83 bits per heavy atom. The minimum absolute atomic E-state index is 0.363. The molecular formula is C9H20O2Si. The third-order valence-corrected chi connectivity index (χ3v) is 2.12. The molecule has 0 saturated carbocycles. The number of ether oxygens (including phenoxy) is 1. The Morgan fingerprint density at radius 2 is 2.25 bits per heavy atom. The third-order valence-electron chi connectivity index (χ3n) is 1.71. The van der Waals surface area contributed by atoms with E-state index in [1.807, 2.05) is 6.08 Å². The normalized spacial score (nSPS) is 13.1. The zero-order chi connectivity index (χ0) is 9.23. The molecule has 0 bridgehead atoms. The van der Waals surface area contributed by atoms with Gasteiger partial charge in [0.05, 0.1) is 19.3 Å². The van der Waals surface area contributed by atoms with Crippen molar-refractivity contribution in [3.63, 3.8) is 0 Å². The van der Waals surface area contributed by atoms with E-state index >= 15 is 0 Å². The molecule has 0 aromatic heterocycles. The number of hydrogen-bond acceptors (Lipinski definition) is 2. The maximum absolute atomic E-state index is 5.49. The first-order chi connectivity index (χ1) is 5.81. The molecule has 0 amide bonds. The van der Waals surface area contributed by atoms with Crippen molar-refractivity contribution in [1.29, 1.82) is 0 Å². The molecule has 0 aromatic rings. The van der Waals surface area contributed by atoms with Crippen LogP contribution in [0.25, 0.3) is 0 Å². The fraction of sp³-hybridized carbons (Fsp3) is 0.778. The molecule has 0 aliphatic heterocycles. The minimum atomic E-state index is 0.363. The SMILES string of the molecule is C=CCCCC(C)OCCO[SiH3]. The lowest BCUT2D eigenvalue weighted by atomic mass is 10.2. The Bertz CT molecular complexity index is 107. The quantitative estimate of drug-likeness (QED) is 0.322. The van der Waals surface area contributed by atoms with Gasteiger partial charge in [0.25, 0.3) is 0 Å². The molecule has 0 heterocycles. The van der Waals surface area contributed by atoms with Gasteiger partial charge in [-0.3, -0.25) is 0 Å². The van der Waals surface area contributed by atoms with Crippen LogP contribution in [0.1, 0.15) is 26.2 Å². The Hall–Kier alpha value is -0.123. The van der Waals surface area contributed by atoms with Gasteiger partial charge in [-0.1, -0.05) is 6.08 Å². The second kappa shape index (κ2) is 8.97. The van der Waals surface area contributed by atoms with E-state index in [0.29, 0.717) is 6.10 Å². The van der Waals surface area contributed by atoms with Crippen LogP contribution < -0.4 is 0 Å². The van der Waals surface area contributed by atoms with Crippen LogP contribution in [-0.4, -0.2) is 29.8 Å². The minimum Gasteiger partial charge on any atom is -0.426 e. The third kappa shape index (κ3) is 7.98. The van der Waals surface area contributed by atoms with E-state index in [4.69, 9.17) is 9.16 Å². The van der Waals surface area contributed by atoms with Crippen molar-refractivity contribution in [2.24, 2.45) is 0 Å². The molecule has 0 aliphatic rings. The molecule has 2 nitrogen and oxygen atoms in total. The predicted octanol–water partition coefficient (Wildman–Crippen LogP) is 1.04. The van der Waals surface area contributed by atoms with Crippen molar-refractivity contribution in [3.05, 3.63) is 12.7 Å². The summed E-state index contributed by atoms with van der Waals surface area (Å²) in [6, 6.07) is 0. The first kappa shape index (κ1) is 11.9. The lowest BCUT2D eigenvalue weighted by Crippen LogP contribution is -2.12. The van der Waals surface area contributed by atoms with Gasteiger partial charge < -0.3 is 9.16 Å². The molecule has 1 atom stereocenters. The van der Waals surface area contributed by atoms with Gasteiger partial charge in [0, 0.05) is 0 Å². The van der Waals surface area contributed by atoms with Crippen molar-refractivity contribution >= 4 is 10.5 Å². The molecule has 0 rings (SSSR count). The van der Waals surface area contributed by atoms with E-state index in [1.165, 1.54) is 6.42 Å². The first-order valence-electron chi connectivity index (χ1n) is 4.52. The van der Waals surface area contributed by atoms with Crippen LogP contribution in [0.15, 0.2) is 12.7 Å². The lowest BCUT2D eigenvalue weighted by Gasteiger charge is -2.11. The maximum Gasteiger partial charge on any atom is 0.146 e. The predicted molar refractivity (Wildman–Crippen MR) is 55.4 cm³/mol. The molecule has 0 aromatic carbocycles. The summed E-state index contributed by atoms with van der Waals surface area (Å²) in [4.78, 5) is 0. The maximum atomic E-state index is 5.49. The van der Waals surface area contributed by atoms with Crippen molar-refractivity contribution in [2.45, 2.75) is 32.3 Å². The van der Waals surface area contributed by atoms with Crippen LogP contribution in [0.4, 0.5) is 0 Å². The van der Waals surface area contributed by atoms with E-state index in [2.05, 4.69) is 13.5 Å². The van der Waals surface area contributed by atoms with Crippen molar-refractivity contribution in [3.8, 4) is 0 Å². The van der Waals surface area contributed by atoms with Crippen LogP contribution in [0.3, 0.4) is 0 Å². The number of hydrogen-bond donors (Lipinski definition) is 0. The second-order valence-corrected chi connectivity index (χ2v) is 3.47. The molecule has 1 unspecified atom stereocenters. The van der Waals surface area contributed by atoms with Gasteiger partial charge in [-0.2, -0.15) is 0 Å². The average molecular weight is 188 g/mol. The number of unbranched alkanes of at least 4 members (excludes halogenated alkanes) is 1. The molecule has 0 fully saturated rings. The second-order valence-electron chi connectivity index (χ2n) is 2.89. The molecule has 0 spiro atoms. The van der Waals surface area contributed by atoms with Gasteiger partial charge >= 0.3 is 0 Å². The van der Waals surface area contributed by atoms with Crippen molar-refractivity contribution < 1.29 is 9.16 Å². The standard InChI is InChI=1S/C9H20O2Si/c1-3-4-5-6-9(2)10-7-8-11-12/h3,9H,1,4-8H2,2,12H3. The molecule has 0 radical (unpaired) electrons. The topological polar surface area (TPSA) is 18.5 Å². The Labute approximate surface area is 78.5 Å². The van der Waals surface area contributed by atoms with E-state index < -0.39 is 0 Å². The molecule has 0 aliphatic carbocycles. The molecule has 12 heavy (non-hydrogen) atoms. The van der Waals surface area contributed by atoms with E-state index in [1.54, 1.807) is 0 Å². The summed E-state index contributed by atoms with van der Waals surface area (Å²) in [5, 5.41) is 0. The molecule has 72 valence electrons. The zero-order valence-corrected chi connectivity index (χ0v) is 10.2. The van der Waals surface area contributed by atoms with Gasteiger partial charge in [-0.15, -0.1) is 6.58 Å². The molecule has 0 N–H and O–H groups in total. The molecule has 3 heteroatoms. The highest BCUT2D eigenvalue weighted by molar-refractivity contribution is 5.97. The van der Waals surface area contributed by atoms with Gasteiger partial charge in [0.2, 0.25) is 0 Å². The van der Waals surface area contributed by atoms with Crippen LogP contribution >= 0.6 is 0 Å². The summed E-state index contributed by atoms with van der Waals surface area (Å²) in [6.07, 6.45) is 5.69. The first-order valence-corrected chi connectivity index (χ1v) is 5.34. The zero-order valence-electron chi connectivity index (χ0n) is 8.21. The van der Waals surface area contributed by atoms with Crippen molar-refractivity contribution in [1.82, 2.24) is 0 Å². The fourth-order valence-electron chi connectivity index (χ4n) is 0.966. The smallest absolute Gasteiger partial charge is 0.146 e. The summed E-state index contributed by atoms with van der Waals surface area (Å²) < 4.78 is 10.5. The van der Waals surface area contributed by atoms with Gasteiger partial charge in [-0.05, 0) is 26.2 Å².